The molecule has 1 aliphatic rings. The van der Waals surface area contributed by atoms with Gasteiger partial charge in [-0.05, 0) is 63.1 Å². The summed E-state index contributed by atoms with van der Waals surface area (Å²) in [4.78, 5) is 12.5. The molecule has 1 unspecified atom stereocenters. The second-order valence-electron chi connectivity index (χ2n) is 5.98. The third kappa shape index (κ3) is 3.27. The first kappa shape index (κ1) is 16.0. The minimum atomic E-state index is -3.85. The van der Waals surface area contributed by atoms with Gasteiger partial charge in [-0.2, -0.15) is 0 Å². The molecule has 1 fully saturated rings. The van der Waals surface area contributed by atoms with Gasteiger partial charge in [-0.1, -0.05) is 6.07 Å². The minimum absolute atomic E-state index is 0.0531. The molecule has 21 heavy (non-hydrogen) atoms. The maximum Gasteiger partial charge on any atom is 0.252 e. The molecule has 2 rings (SSSR count). The van der Waals surface area contributed by atoms with Gasteiger partial charge in [0.15, 0.2) is 0 Å². The number of amides is 1. The Hall–Kier alpha value is -1.40. The number of carbonyl (C=O) groups is 1. The van der Waals surface area contributed by atoms with Crippen molar-refractivity contribution in [2.24, 2.45) is 11.1 Å². The van der Waals surface area contributed by atoms with Gasteiger partial charge in [0.1, 0.15) is 0 Å². The summed E-state index contributed by atoms with van der Waals surface area (Å²) in [5.74, 6) is 0.312. The van der Waals surface area contributed by atoms with Crippen LogP contribution >= 0.6 is 0 Å². The number of hydrogen-bond donors (Lipinski definition) is 2. The van der Waals surface area contributed by atoms with Gasteiger partial charge < -0.3 is 5.32 Å². The van der Waals surface area contributed by atoms with E-state index in [9.17, 15) is 13.2 Å². The lowest BCUT2D eigenvalue weighted by molar-refractivity contribution is 0.0934. The van der Waals surface area contributed by atoms with Crippen LogP contribution in [0.15, 0.2) is 11.0 Å². The number of sulfonamides is 1. The molecule has 1 aliphatic carbocycles. The molecule has 1 aromatic carbocycles. The maximum absolute atomic E-state index is 12.5. The lowest BCUT2D eigenvalue weighted by atomic mass is 9.98. The van der Waals surface area contributed by atoms with Gasteiger partial charge in [-0.25, -0.2) is 13.6 Å². The standard InChI is InChI=1S/C15H22N2O3S/c1-8-7-9(2)14(21(16,19)20)10(3)13(8)15(18)17-11(4)12-5-6-12/h7,11-12H,5-6H2,1-4H3,(H,17,18)(H2,16,19,20). The van der Waals surface area contributed by atoms with Crippen LogP contribution in [0.5, 0.6) is 0 Å². The lowest BCUT2D eigenvalue weighted by Gasteiger charge is -2.18. The Morgan fingerprint density at radius 2 is 1.86 bits per heavy atom. The number of hydrogen-bond acceptors (Lipinski definition) is 3. The van der Waals surface area contributed by atoms with Gasteiger partial charge in [0.2, 0.25) is 10.0 Å². The number of rotatable bonds is 4. The molecule has 0 radical (unpaired) electrons. The van der Waals surface area contributed by atoms with E-state index in [0.29, 0.717) is 22.6 Å². The van der Waals surface area contributed by atoms with Crippen molar-refractivity contribution in [1.29, 1.82) is 0 Å². The first-order valence-electron chi connectivity index (χ1n) is 7.07. The molecule has 0 bridgehead atoms. The van der Waals surface area contributed by atoms with Gasteiger partial charge in [0.25, 0.3) is 5.91 Å². The maximum atomic E-state index is 12.5. The van der Waals surface area contributed by atoms with Crippen molar-refractivity contribution in [3.63, 3.8) is 0 Å². The van der Waals surface area contributed by atoms with Crippen molar-refractivity contribution in [1.82, 2.24) is 5.32 Å². The van der Waals surface area contributed by atoms with Crippen LogP contribution in [0.1, 0.15) is 46.8 Å². The summed E-state index contributed by atoms with van der Waals surface area (Å²) in [5, 5.41) is 8.24. The predicted octanol–water partition coefficient (Wildman–Crippen LogP) is 1.79. The molecule has 0 aliphatic heterocycles. The summed E-state index contributed by atoms with van der Waals surface area (Å²) in [6.07, 6.45) is 2.27. The Morgan fingerprint density at radius 1 is 1.29 bits per heavy atom. The van der Waals surface area contributed by atoms with Crippen LogP contribution in [-0.2, 0) is 10.0 Å². The van der Waals surface area contributed by atoms with E-state index in [1.165, 1.54) is 0 Å². The topological polar surface area (TPSA) is 89.3 Å². The summed E-state index contributed by atoms with van der Waals surface area (Å²) >= 11 is 0. The zero-order valence-electron chi connectivity index (χ0n) is 12.9. The average Bonchev–Trinajstić information content (AvgIpc) is 3.08. The number of aryl methyl sites for hydroxylation is 2. The van der Waals surface area contributed by atoms with E-state index >= 15 is 0 Å². The predicted molar refractivity (Wildman–Crippen MR) is 81.7 cm³/mol. The summed E-state index contributed by atoms with van der Waals surface area (Å²) in [7, 11) is -3.85. The Balaban J connectivity index is 2.45. The van der Waals surface area contributed by atoms with E-state index in [2.05, 4.69) is 5.32 Å². The fraction of sp³-hybridized carbons (Fsp3) is 0.533. The number of primary sulfonamides is 1. The molecule has 0 aromatic heterocycles. The number of benzene rings is 1. The highest BCUT2D eigenvalue weighted by Gasteiger charge is 2.30. The molecule has 0 saturated heterocycles. The van der Waals surface area contributed by atoms with Crippen LogP contribution in [0, 0.1) is 26.7 Å². The Kier molecular flexibility index (Phi) is 4.13. The molecule has 1 saturated carbocycles. The van der Waals surface area contributed by atoms with Crippen LogP contribution in [0.3, 0.4) is 0 Å². The number of nitrogens with two attached hydrogens (primary N) is 1. The summed E-state index contributed by atoms with van der Waals surface area (Å²) < 4.78 is 23.5. The molecule has 0 spiro atoms. The molecule has 3 N–H and O–H groups in total. The summed E-state index contributed by atoms with van der Waals surface area (Å²) in [6, 6.07) is 1.80. The Bertz CT molecular complexity index is 691. The lowest BCUT2D eigenvalue weighted by Crippen LogP contribution is -2.35. The smallest absolute Gasteiger partial charge is 0.252 e. The highest BCUT2D eigenvalue weighted by atomic mass is 32.2. The van der Waals surface area contributed by atoms with E-state index in [4.69, 9.17) is 5.14 Å². The molecule has 6 heteroatoms. The molecular formula is C15H22N2O3S. The minimum Gasteiger partial charge on any atom is -0.349 e. The molecule has 1 amide bonds. The highest BCUT2D eigenvalue weighted by molar-refractivity contribution is 7.89. The van der Waals surface area contributed by atoms with Crippen molar-refractivity contribution < 1.29 is 13.2 Å². The Morgan fingerprint density at radius 3 is 2.33 bits per heavy atom. The van der Waals surface area contributed by atoms with Crippen molar-refractivity contribution >= 4 is 15.9 Å². The van der Waals surface area contributed by atoms with Crippen LogP contribution < -0.4 is 10.5 Å². The molecule has 1 atom stereocenters. The van der Waals surface area contributed by atoms with Crippen LogP contribution in [0.4, 0.5) is 0 Å². The monoisotopic (exact) mass is 310 g/mol. The SMILES string of the molecule is Cc1cc(C)c(S(N)(=O)=O)c(C)c1C(=O)NC(C)C1CC1. The van der Waals surface area contributed by atoms with Gasteiger partial charge in [-0.15, -0.1) is 0 Å². The number of nitrogens with one attached hydrogen (secondary N) is 1. The largest absolute Gasteiger partial charge is 0.349 e. The molecule has 1 aromatic rings. The normalized spacial score (nSPS) is 16.6. The second-order valence-corrected chi connectivity index (χ2v) is 7.48. The van der Waals surface area contributed by atoms with E-state index in [1.54, 1.807) is 19.9 Å². The van der Waals surface area contributed by atoms with Crippen LogP contribution in [0.25, 0.3) is 0 Å². The summed E-state index contributed by atoms with van der Waals surface area (Å²) in [6.45, 7) is 7.11. The number of carbonyl (C=O) groups excluding carboxylic acids is 1. The van der Waals surface area contributed by atoms with Crippen molar-refractivity contribution in [3.8, 4) is 0 Å². The van der Waals surface area contributed by atoms with Crippen molar-refractivity contribution in [3.05, 3.63) is 28.3 Å². The van der Waals surface area contributed by atoms with Crippen LogP contribution in [0.2, 0.25) is 0 Å². The molecule has 116 valence electrons. The van der Waals surface area contributed by atoms with Crippen molar-refractivity contribution in [2.45, 2.75) is 51.5 Å². The third-order valence-electron chi connectivity index (χ3n) is 4.10. The van der Waals surface area contributed by atoms with Gasteiger partial charge in [0, 0.05) is 11.6 Å². The van der Waals surface area contributed by atoms with E-state index in [1.807, 2.05) is 13.8 Å². The first-order valence-corrected chi connectivity index (χ1v) is 8.62. The zero-order chi connectivity index (χ0) is 15.9. The summed E-state index contributed by atoms with van der Waals surface area (Å²) in [5.41, 5.74) is 2.17. The van der Waals surface area contributed by atoms with Gasteiger partial charge in [0.05, 0.1) is 4.90 Å². The quantitative estimate of drug-likeness (QED) is 0.888. The first-order chi connectivity index (χ1) is 9.62. The van der Waals surface area contributed by atoms with Crippen molar-refractivity contribution in [2.75, 3.05) is 0 Å². The molecule has 5 nitrogen and oxygen atoms in total. The zero-order valence-corrected chi connectivity index (χ0v) is 13.7. The fourth-order valence-electron chi connectivity index (χ4n) is 2.95. The van der Waals surface area contributed by atoms with E-state index < -0.39 is 10.0 Å². The van der Waals surface area contributed by atoms with E-state index in [-0.39, 0.29) is 16.8 Å². The average molecular weight is 310 g/mol. The van der Waals surface area contributed by atoms with Gasteiger partial charge in [-0.3, -0.25) is 4.79 Å². The van der Waals surface area contributed by atoms with E-state index in [0.717, 1.165) is 18.4 Å². The van der Waals surface area contributed by atoms with Gasteiger partial charge >= 0.3 is 0 Å². The fourth-order valence-corrected chi connectivity index (χ4v) is 3.98. The Labute approximate surface area is 126 Å². The van der Waals surface area contributed by atoms with Crippen LogP contribution in [-0.4, -0.2) is 20.4 Å². The highest BCUT2D eigenvalue weighted by Crippen LogP contribution is 2.33. The molecule has 0 heterocycles. The second kappa shape index (κ2) is 5.42. The molecular weight excluding hydrogens is 288 g/mol. The third-order valence-corrected chi connectivity index (χ3v) is 5.30.